The Balaban J connectivity index is 1.51. The number of esters is 1. The van der Waals surface area contributed by atoms with Gasteiger partial charge in [-0.3, -0.25) is 4.79 Å². The van der Waals surface area contributed by atoms with Crippen LogP contribution in [0.15, 0.2) is 66.7 Å². The van der Waals surface area contributed by atoms with Crippen LogP contribution in [0.3, 0.4) is 0 Å². The van der Waals surface area contributed by atoms with Crippen molar-refractivity contribution in [2.24, 2.45) is 0 Å². The number of benzene rings is 3. The zero-order chi connectivity index (χ0) is 21.8. The molecule has 0 saturated carbocycles. The van der Waals surface area contributed by atoms with E-state index in [1.807, 2.05) is 0 Å². The molecule has 4 rings (SSSR count). The van der Waals surface area contributed by atoms with Crippen molar-refractivity contribution in [1.29, 1.82) is 0 Å². The van der Waals surface area contributed by atoms with E-state index in [0.29, 0.717) is 28.9 Å². The second-order valence-electron chi connectivity index (χ2n) is 6.83. The van der Waals surface area contributed by atoms with Crippen molar-refractivity contribution < 1.29 is 18.7 Å². The van der Waals surface area contributed by atoms with Crippen molar-refractivity contribution in [2.45, 2.75) is 13.5 Å². The lowest BCUT2D eigenvalue weighted by Gasteiger charge is -2.08. The van der Waals surface area contributed by atoms with E-state index in [2.05, 4.69) is 15.6 Å². The first-order chi connectivity index (χ1) is 15.0. The van der Waals surface area contributed by atoms with Crippen LogP contribution < -0.4 is 5.32 Å². The molecule has 0 aliphatic carbocycles. The van der Waals surface area contributed by atoms with Gasteiger partial charge in [0.15, 0.2) is 0 Å². The van der Waals surface area contributed by atoms with Crippen LogP contribution in [0.1, 0.15) is 33.2 Å². The van der Waals surface area contributed by atoms with Crippen LogP contribution >= 0.6 is 0 Å². The maximum atomic E-state index is 13.1. The van der Waals surface area contributed by atoms with Crippen LogP contribution in [0.2, 0.25) is 0 Å². The molecule has 0 fully saturated rings. The molecular formula is C23H19FN4O3. The average Bonchev–Trinajstić information content (AvgIpc) is 3.17. The summed E-state index contributed by atoms with van der Waals surface area (Å²) >= 11 is 0. The fourth-order valence-electron chi connectivity index (χ4n) is 3.13. The third-order valence-corrected chi connectivity index (χ3v) is 4.65. The number of anilines is 1. The van der Waals surface area contributed by atoms with Gasteiger partial charge in [0.05, 0.1) is 24.2 Å². The standard InChI is InChI=1S/C23H19FN4O3/c1-2-31-23(30)17-4-3-5-19(12-17)25-22(29)16-8-11-21-20(13-16)26-27-28(21)14-15-6-9-18(24)10-7-15/h3-13H,2,14H2,1H3,(H,25,29). The first-order valence-electron chi connectivity index (χ1n) is 9.69. The molecule has 0 atom stereocenters. The van der Waals surface area contributed by atoms with Crippen LogP contribution in [-0.4, -0.2) is 33.5 Å². The van der Waals surface area contributed by atoms with E-state index in [9.17, 15) is 14.0 Å². The molecule has 1 heterocycles. The molecule has 0 radical (unpaired) electrons. The number of ether oxygens (including phenoxy) is 1. The minimum Gasteiger partial charge on any atom is -0.462 e. The molecule has 0 bridgehead atoms. The Bertz CT molecular complexity index is 1250. The summed E-state index contributed by atoms with van der Waals surface area (Å²) in [6, 6.07) is 17.8. The molecule has 156 valence electrons. The van der Waals surface area contributed by atoms with E-state index in [4.69, 9.17) is 4.74 Å². The normalized spacial score (nSPS) is 10.8. The van der Waals surface area contributed by atoms with Gasteiger partial charge in [-0.2, -0.15) is 0 Å². The summed E-state index contributed by atoms with van der Waals surface area (Å²) in [6.45, 7) is 2.44. The highest BCUT2D eigenvalue weighted by Gasteiger charge is 2.13. The Morgan fingerprint density at radius 1 is 1.03 bits per heavy atom. The molecule has 8 heteroatoms. The number of rotatable bonds is 6. The third kappa shape index (κ3) is 4.58. The molecule has 0 unspecified atom stereocenters. The second kappa shape index (κ2) is 8.74. The number of hydrogen-bond acceptors (Lipinski definition) is 5. The van der Waals surface area contributed by atoms with E-state index in [1.165, 1.54) is 12.1 Å². The van der Waals surface area contributed by atoms with Gasteiger partial charge in [-0.1, -0.05) is 23.4 Å². The first kappa shape index (κ1) is 20.2. The average molecular weight is 418 g/mol. The van der Waals surface area contributed by atoms with Gasteiger partial charge in [-0.05, 0) is 61.0 Å². The van der Waals surface area contributed by atoms with Crippen LogP contribution in [0.25, 0.3) is 11.0 Å². The van der Waals surface area contributed by atoms with Gasteiger partial charge in [0.1, 0.15) is 11.3 Å². The third-order valence-electron chi connectivity index (χ3n) is 4.65. The fraction of sp³-hybridized carbons (Fsp3) is 0.130. The highest BCUT2D eigenvalue weighted by molar-refractivity contribution is 6.06. The largest absolute Gasteiger partial charge is 0.462 e. The minimum absolute atomic E-state index is 0.275. The van der Waals surface area contributed by atoms with Crippen molar-refractivity contribution in [3.05, 3.63) is 89.2 Å². The minimum atomic E-state index is -0.446. The fourth-order valence-corrected chi connectivity index (χ4v) is 3.13. The van der Waals surface area contributed by atoms with Gasteiger partial charge in [0.25, 0.3) is 5.91 Å². The summed E-state index contributed by atoms with van der Waals surface area (Å²) in [5.41, 5.74) is 3.45. The Morgan fingerprint density at radius 2 is 1.84 bits per heavy atom. The van der Waals surface area contributed by atoms with E-state index < -0.39 is 5.97 Å². The topological polar surface area (TPSA) is 86.1 Å². The van der Waals surface area contributed by atoms with Crippen LogP contribution in [-0.2, 0) is 11.3 Å². The molecule has 7 nitrogen and oxygen atoms in total. The molecule has 0 spiro atoms. The van der Waals surface area contributed by atoms with Gasteiger partial charge in [-0.25, -0.2) is 13.9 Å². The van der Waals surface area contributed by atoms with Gasteiger partial charge in [0.2, 0.25) is 0 Å². The molecule has 1 N–H and O–H groups in total. The molecule has 0 aliphatic rings. The van der Waals surface area contributed by atoms with Gasteiger partial charge >= 0.3 is 5.97 Å². The molecule has 0 saturated heterocycles. The Labute approximate surface area is 177 Å². The van der Waals surface area contributed by atoms with E-state index >= 15 is 0 Å². The van der Waals surface area contributed by atoms with Gasteiger partial charge < -0.3 is 10.1 Å². The molecule has 31 heavy (non-hydrogen) atoms. The number of hydrogen-bond donors (Lipinski definition) is 1. The summed E-state index contributed by atoms with van der Waals surface area (Å²) in [4.78, 5) is 24.6. The van der Waals surface area contributed by atoms with Gasteiger partial charge in [0, 0.05) is 11.3 Å². The van der Waals surface area contributed by atoms with Crippen LogP contribution in [0.5, 0.6) is 0 Å². The summed E-state index contributed by atoms with van der Waals surface area (Å²) in [7, 11) is 0. The predicted octanol–water partition coefficient (Wildman–Crippen LogP) is 4.05. The number of carbonyl (C=O) groups is 2. The Morgan fingerprint density at radius 3 is 2.61 bits per heavy atom. The first-order valence-corrected chi connectivity index (χ1v) is 9.69. The van der Waals surface area contributed by atoms with E-state index in [0.717, 1.165) is 11.1 Å². The monoisotopic (exact) mass is 418 g/mol. The summed E-state index contributed by atoms with van der Waals surface area (Å²) in [5.74, 6) is -1.08. The highest BCUT2D eigenvalue weighted by atomic mass is 19.1. The number of aromatic nitrogens is 3. The lowest BCUT2D eigenvalue weighted by Crippen LogP contribution is -2.13. The molecule has 4 aromatic rings. The number of fused-ring (bicyclic) bond motifs is 1. The van der Waals surface area contributed by atoms with Crippen molar-refractivity contribution in [1.82, 2.24) is 15.0 Å². The molecule has 1 aromatic heterocycles. The Kier molecular flexibility index (Phi) is 5.70. The summed E-state index contributed by atoms with van der Waals surface area (Å²) < 4.78 is 19.8. The van der Waals surface area contributed by atoms with Crippen molar-refractivity contribution in [3.8, 4) is 0 Å². The van der Waals surface area contributed by atoms with Crippen LogP contribution in [0.4, 0.5) is 10.1 Å². The van der Waals surface area contributed by atoms with E-state index in [-0.39, 0.29) is 18.3 Å². The summed E-state index contributed by atoms with van der Waals surface area (Å²) in [5, 5.41) is 11.0. The lowest BCUT2D eigenvalue weighted by atomic mass is 10.1. The number of amides is 1. The van der Waals surface area contributed by atoms with Crippen LogP contribution in [0, 0.1) is 5.82 Å². The number of carbonyl (C=O) groups excluding carboxylic acids is 2. The second-order valence-corrected chi connectivity index (χ2v) is 6.83. The number of halogens is 1. The molecule has 0 aliphatic heterocycles. The number of nitrogens with one attached hydrogen (secondary N) is 1. The molecule has 3 aromatic carbocycles. The van der Waals surface area contributed by atoms with Crippen molar-refractivity contribution in [2.75, 3.05) is 11.9 Å². The zero-order valence-corrected chi connectivity index (χ0v) is 16.7. The smallest absolute Gasteiger partial charge is 0.338 e. The predicted molar refractivity (Wildman–Crippen MR) is 113 cm³/mol. The SMILES string of the molecule is CCOC(=O)c1cccc(NC(=O)c2ccc3c(c2)nnn3Cc2ccc(F)cc2)c1. The highest BCUT2D eigenvalue weighted by Crippen LogP contribution is 2.18. The molecule has 1 amide bonds. The Hall–Kier alpha value is -4.07. The zero-order valence-electron chi connectivity index (χ0n) is 16.7. The summed E-state index contributed by atoms with van der Waals surface area (Å²) in [6.07, 6.45) is 0. The molecular weight excluding hydrogens is 399 g/mol. The van der Waals surface area contributed by atoms with Gasteiger partial charge in [-0.15, -0.1) is 5.10 Å². The van der Waals surface area contributed by atoms with Crippen molar-refractivity contribution >= 4 is 28.6 Å². The van der Waals surface area contributed by atoms with Crippen molar-refractivity contribution in [3.63, 3.8) is 0 Å². The maximum Gasteiger partial charge on any atom is 0.338 e. The lowest BCUT2D eigenvalue weighted by molar-refractivity contribution is 0.0526. The number of nitrogens with zero attached hydrogens (tertiary/aromatic N) is 3. The quantitative estimate of drug-likeness (QED) is 0.478. The van der Waals surface area contributed by atoms with E-state index in [1.54, 1.807) is 66.2 Å². The maximum absolute atomic E-state index is 13.1.